The molecule has 7 heteroatoms. The smallest absolute Gasteiger partial charge is 0.305 e. The zero-order valence-corrected chi connectivity index (χ0v) is 7.58. The molecule has 0 saturated carbocycles. The Labute approximate surface area is 84.3 Å². The van der Waals surface area contributed by atoms with Gasteiger partial charge in [-0.25, -0.2) is 0 Å². The lowest BCUT2D eigenvalue weighted by Crippen LogP contribution is -2.13. The number of hydrogen-bond acceptors (Lipinski definition) is 3. The van der Waals surface area contributed by atoms with Crippen molar-refractivity contribution in [1.82, 2.24) is 0 Å². The van der Waals surface area contributed by atoms with Crippen LogP contribution < -0.4 is 5.73 Å². The molecule has 76 valence electrons. The molecule has 0 heterocycles. The molecule has 0 saturated heterocycles. The van der Waals surface area contributed by atoms with Crippen LogP contribution in [0, 0.1) is 15.9 Å². The fraction of sp³-hybridized carbons (Fsp3) is 0. The molecule has 0 spiro atoms. The van der Waals surface area contributed by atoms with E-state index in [4.69, 9.17) is 5.73 Å². The topological polar surface area (TPSA) is 86.2 Å². The lowest BCUT2D eigenvalue weighted by Gasteiger charge is -1.97. The van der Waals surface area contributed by atoms with Crippen LogP contribution in [-0.2, 0) is 0 Å². The second kappa shape index (κ2) is 4.52. The van der Waals surface area contributed by atoms with Crippen molar-refractivity contribution < 1.29 is 14.1 Å². The van der Waals surface area contributed by atoms with E-state index in [-0.39, 0.29) is 12.4 Å². The Kier molecular flexibility index (Phi) is 3.97. The molecule has 0 atom stereocenters. The van der Waals surface area contributed by atoms with E-state index in [0.717, 1.165) is 12.1 Å². The average molecular weight is 221 g/mol. The summed E-state index contributed by atoms with van der Waals surface area (Å²) >= 11 is 0. The number of primary amides is 1. The highest BCUT2D eigenvalue weighted by molar-refractivity contribution is 5.93. The predicted octanol–water partition coefficient (Wildman–Crippen LogP) is 1.25. The summed E-state index contributed by atoms with van der Waals surface area (Å²) in [7, 11) is 0. The maximum Gasteiger partial charge on any atom is 0.305 e. The summed E-state index contributed by atoms with van der Waals surface area (Å²) < 4.78 is 13.0. The first-order valence-electron chi connectivity index (χ1n) is 3.26. The second-order valence-electron chi connectivity index (χ2n) is 2.26. The van der Waals surface area contributed by atoms with Gasteiger partial charge in [0.15, 0.2) is 0 Å². The summed E-state index contributed by atoms with van der Waals surface area (Å²) in [6.45, 7) is 0. The molecule has 0 aromatic heterocycles. The summed E-state index contributed by atoms with van der Waals surface area (Å²) in [6.07, 6.45) is 0. The Hall–Kier alpha value is -1.69. The van der Waals surface area contributed by atoms with Crippen molar-refractivity contribution in [3.63, 3.8) is 0 Å². The second-order valence-corrected chi connectivity index (χ2v) is 2.26. The monoisotopic (exact) mass is 220 g/mol. The van der Waals surface area contributed by atoms with E-state index in [1.807, 2.05) is 0 Å². The number of hydrogen-bond donors (Lipinski definition) is 1. The molecule has 1 aromatic carbocycles. The maximum absolute atomic E-state index is 13.0. The van der Waals surface area contributed by atoms with Crippen LogP contribution in [0.25, 0.3) is 0 Å². The Bertz CT molecular complexity index is 351. The number of carbonyl (C=O) groups excluding carboxylic acids is 1. The van der Waals surface area contributed by atoms with Crippen LogP contribution in [0.2, 0.25) is 0 Å². The zero-order chi connectivity index (χ0) is 10.0. The first-order valence-corrected chi connectivity index (χ1v) is 3.26. The van der Waals surface area contributed by atoms with Gasteiger partial charge < -0.3 is 5.73 Å². The third-order valence-electron chi connectivity index (χ3n) is 1.44. The van der Waals surface area contributed by atoms with Crippen LogP contribution >= 0.6 is 12.4 Å². The minimum atomic E-state index is -1.19. The number of halogens is 2. The van der Waals surface area contributed by atoms with Crippen LogP contribution in [0.4, 0.5) is 10.1 Å². The molecule has 0 fully saturated rings. The molecule has 0 aliphatic heterocycles. The van der Waals surface area contributed by atoms with Gasteiger partial charge in [-0.1, -0.05) is 6.07 Å². The van der Waals surface area contributed by atoms with E-state index in [9.17, 15) is 19.3 Å². The molecule has 0 aliphatic carbocycles. The van der Waals surface area contributed by atoms with E-state index in [2.05, 4.69) is 0 Å². The number of carbonyl (C=O) groups is 1. The minimum Gasteiger partial charge on any atom is -0.366 e. The van der Waals surface area contributed by atoms with E-state index in [1.165, 1.54) is 6.07 Å². The van der Waals surface area contributed by atoms with Gasteiger partial charge in [0, 0.05) is 6.07 Å². The number of nitrogens with two attached hydrogens (primary N) is 1. The van der Waals surface area contributed by atoms with Crippen LogP contribution in [0.15, 0.2) is 18.2 Å². The van der Waals surface area contributed by atoms with Gasteiger partial charge in [-0.2, -0.15) is 4.39 Å². The van der Waals surface area contributed by atoms with E-state index < -0.39 is 27.9 Å². The molecular weight excluding hydrogens is 215 g/mol. The van der Waals surface area contributed by atoms with Gasteiger partial charge in [0.2, 0.25) is 5.82 Å². The Morgan fingerprint density at radius 3 is 2.50 bits per heavy atom. The van der Waals surface area contributed by atoms with Crippen molar-refractivity contribution in [2.45, 2.75) is 0 Å². The van der Waals surface area contributed by atoms with Gasteiger partial charge in [-0.3, -0.25) is 14.9 Å². The van der Waals surface area contributed by atoms with Gasteiger partial charge in [0.05, 0.1) is 10.5 Å². The lowest BCUT2D eigenvalue weighted by atomic mass is 10.2. The number of amides is 1. The van der Waals surface area contributed by atoms with Crippen molar-refractivity contribution in [1.29, 1.82) is 0 Å². The molecule has 0 aliphatic rings. The van der Waals surface area contributed by atoms with Gasteiger partial charge >= 0.3 is 5.69 Å². The summed E-state index contributed by atoms with van der Waals surface area (Å²) in [4.78, 5) is 19.9. The third kappa shape index (κ3) is 2.17. The summed E-state index contributed by atoms with van der Waals surface area (Å²) in [6, 6.07) is 3.24. The number of rotatable bonds is 2. The van der Waals surface area contributed by atoms with Gasteiger partial charge in [-0.15, -0.1) is 12.4 Å². The highest BCUT2D eigenvalue weighted by Gasteiger charge is 2.19. The molecule has 2 N–H and O–H groups in total. The number of benzene rings is 1. The average Bonchev–Trinajstić information content (AvgIpc) is 2.03. The first kappa shape index (κ1) is 12.3. The Balaban J connectivity index is 0.00000169. The molecule has 14 heavy (non-hydrogen) atoms. The van der Waals surface area contributed by atoms with E-state index in [0.29, 0.717) is 0 Å². The minimum absolute atomic E-state index is 0. The normalized spacial score (nSPS) is 8.93. The predicted molar refractivity (Wildman–Crippen MR) is 48.8 cm³/mol. The maximum atomic E-state index is 13.0. The van der Waals surface area contributed by atoms with Crippen molar-refractivity contribution >= 4 is 24.0 Å². The quantitative estimate of drug-likeness (QED) is 0.601. The van der Waals surface area contributed by atoms with Crippen molar-refractivity contribution in [3.8, 4) is 0 Å². The summed E-state index contributed by atoms with van der Waals surface area (Å²) in [5, 5.41) is 10.2. The largest absolute Gasteiger partial charge is 0.366 e. The lowest BCUT2D eigenvalue weighted by molar-refractivity contribution is -0.387. The number of nitro groups is 1. The molecule has 0 radical (unpaired) electrons. The van der Waals surface area contributed by atoms with Gasteiger partial charge in [-0.05, 0) is 6.07 Å². The molecular formula is C7H6ClFN2O3. The van der Waals surface area contributed by atoms with Crippen LogP contribution in [0.5, 0.6) is 0 Å². The SMILES string of the molecule is Cl.NC(=O)c1cccc([N+](=O)[O-])c1F. The van der Waals surface area contributed by atoms with E-state index in [1.54, 1.807) is 0 Å². The molecule has 0 bridgehead atoms. The fourth-order valence-corrected chi connectivity index (χ4v) is 0.851. The molecule has 0 unspecified atom stereocenters. The number of nitrogens with zero attached hydrogens (tertiary/aromatic N) is 1. The van der Waals surface area contributed by atoms with Crippen LogP contribution in [0.3, 0.4) is 0 Å². The highest BCUT2D eigenvalue weighted by Crippen LogP contribution is 2.19. The Morgan fingerprint density at radius 1 is 1.50 bits per heavy atom. The van der Waals surface area contributed by atoms with Crippen molar-refractivity contribution in [3.05, 3.63) is 39.7 Å². The molecule has 1 aromatic rings. The molecule has 1 amide bonds. The van der Waals surface area contributed by atoms with Crippen LogP contribution in [0.1, 0.15) is 10.4 Å². The summed E-state index contributed by atoms with van der Waals surface area (Å²) in [5.74, 6) is -2.22. The third-order valence-corrected chi connectivity index (χ3v) is 1.44. The van der Waals surface area contributed by atoms with Gasteiger partial charge in [0.25, 0.3) is 5.91 Å². The van der Waals surface area contributed by atoms with Crippen molar-refractivity contribution in [2.24, 2.45) is 5.73 Å². The zero-order valence-electron chi connectivity index (χ0n) is 6.77. The van der Waals surface area contributed by atoms with Crippen LogP contribution in [-0.4, -0.2) is 10.8 Å². The fourth-order valence-electron chi connectivity index (χ4n) is 0.851. The summed E-state index contributed by atoms with van der Waals surface area (Å²) in [5.41, 5.74) is 3.55. The standard InChI is InChI=1S/C7H5FN2O3.ClH/c8-6-4(7(9)11)2-1-3-5(6)10(12)13;/h1-3H,(H2,9,11);1H. The molecule has 1 rings (SSSR count). The van der Waals surface area contributed by atoms with Crippen molar-refractivity contribution in [2.75, 3.05) is 0 Å². The molecule has 5 nitrogen and oxygen atoms in total. The highest BCUT2D eigenvalue weighted by atomic mass is 35.5. The van der Waals surface area contributed by atoms with E-state index >= 15 is 0 Å². The van der Waals surface area contributed by atoms with Gasteiger partial charge in [0.1, 0.15) is 0 Å². The first-order chi connectivity index (χ1) is 6.04. The number of nitro benzene ring substituents is 1. The Morgan fingerprint density at radius 2 is 2.07 bits per heavy atom.